The molecular formula is C16H21N3OS. The molecule has 1 atom stereocenters. The maximum absolute atomic E-state index is 5.70. The highest BCUT2D eigenvalue weighted by molar-refractivity contribution is 7.11. The molecule has 1 aliphatic rings. The van der Waals surface area contributed by atoms with Gasteiger partial charge in [0.25, 0.3) is 0 Å². The van der Waals surface area contributed by atoms with Gasteiger partial charge in [0.05, 0.1) is 6.61 Å². The lowest BCUT2D eigenvalue weighted by atomic mass is 10.0. The molecule has 1 aliphatic heterocycles. The zero-order valence-electron chi connectivity index (χ0n) is 12.5. The van der Waals surface area contributed by atoms with Crippen molar-refractivity contribution in [2.24, 2.45) is 0 Å². The summed E-state index contributed by atoms with van der Waals surface area (Å²) >= 11 is 1.78. The summed E-state index contributed by atoms with van der Waals surface area (Å²) in [5, 5.41) is 4.66. The number of rotatable bonds is 6. The molecule has 112 valence electrons. The zero-order chi connectivity index (χ0) is 14.7. The van der Waals surface area contributed by atoms with Crippen molar-refractivity contribution in [3.05, 3.63) is 45.9 Å². The van der Waals surface area contributed by atoms with Crippen LogP contribution in [-0.2, 0) is 13.1 Å². The average molecular weight is 303 g/mol. The minimum Gasteiger partial charge on any atom is -0.493 e. The Labute approximate surface area is 129 Å². The first-order valence-corrected chi connectivity index (χ1v) is 8.05. The van der Waals surface area contributed by atoms with Crippen LogP contribution in [0.1, 0.15) is 21.4 Å². The van der Waals surface area contributed by atoms with E-state index in [1.807, 2.05) is 18.3 Å². The summed E-state index contributed by atoms with van der Waals surface area (Å²) < 4.78 is 5.70. The second kappa shape index (κ2) is 6.56. The SMILES string of the molecule is CN(C)Cc1cnc(CNCC2COc3ccccc32)s1. The molecule has 21 heavy (non-hydrogen) atoms. The van der Waals surface area contributed by atoms with Gasteiger partial charge >= 0.3 is 0 Å². The summed E-state index contributed by atoms with van der Waals surface area (Å²) in [5.74, 6) is 1.48. The molecule has 0 fully saturated rings. The Morgan fingerprint density at radius 3 is 3.10 bits per heavy atom. The smallest absolute Gasteiger partial charge is 0.122 e. The Morgan fingerprint density at radius 2 is 2.24 bits per heavy atom. The number of hydrogen-bond acceptors (Lipinski definition) is 5. The molecule has 0 aliphatic carbocycles. The van der Waals surface area contributed by atoms with Gasteiger partial charge in [-0.05, 0) is 20.2 Å². The van der Waals surface area contributed by atoms with Gasteiger partial charge in [-0.2, -0.15) is 0 Å². The second-order valence-electron chi connectivity index (χ2n) is 5.63. The largest absolute Gasteiger partial charge is 0.493 e. The van der Waals surface area contributed by atoms with Gasteiger partial charge in [0.1, 0.15) is 10.8 Å². The molecule has 1 N–H and O–H groups in total. The monoisotopic (exact) mass is 303 g/mol. The van der Waals surface area contributed by atoms with Crippen molar-refractivity contribution in [1.29, 1.82) is 0 Å². The fourth-order valence-corrected chi connectivity index (χ4v) is 3.58. The summed E-state index contributed by atoms with van der Waals surface area (Å²) in [4.78, 5) is 7.95. The molecule has 0 radical (unpaired) electrons. The first-order valence-electron chi connectivity index (χ1n) is 7.23. The summed E-state index contributed by atoms with van der Waals surface area (Å²) in [5.41, 5.74) is 1.32. The molecule has 0 saturated heterocycles. The molecule has 1 aromatic heterocycles. The quantitative estimate of drug-likeness (QED) is 0.889. The van der Waals surface area contributed by atoms with E-state index in [9.17, 15) is 0 Å². The van der Waals surface area contributed by atoms with Crippen LogP contribution >= 0.6 is 11.3 Å². The van der Waals surface area contributed by atoms with Gasteiger partial charge in [-0.3, -0.25) is 0 Å². The van der Waals surface area contributed by atoms with Crippen molar-refractivity contribution >= 4 is 11.3 Å². The molecule has 0 saturated carbocycles. The van der Waals surface area contributed by atoms with E-state index in [-0.39, 0.29) is 0 Å². The highest BCUT2D eigenvalue weighted by Gasteiger charge is 2.22. The number of hydrogen-bond donors (Lipinski definition) is 1. The zero-order valence-corrected chi connectivity index (χ0v) is 13.3. The topological polar surface area (TPSA) is 37.4 Å². The number of nitrogens with one attached hydrogen (secondary N) is 1. The van der Waals surface area contributed by atoms with Crippen LogP contribution in [0.5, 0.6) is 5.75 Å². The van der Waals surface area contributed by atoms with Crippen LogP contribution in [-0.4, -0.2) is 37.1 Å². The van der Waals surface area contributed by atoms with Gasteiger partial charge in [0.15, 0.2) is 0 Å². The molecule has 0 bridgehead atoms. The van der Waals surface area contributed by atoms with Crippen molar-refractivity contribution in [2.45, 2.75) is 19.0 Å². The van der Waals surface area contributed by atoms with E-state index in [0.29, 0.717) is 5.92 Å². The molecule has 5 heteroatoms. The first-order chi connectivity index (χ1) is 10.2. The van der Waals surface area contributed by atoms with Crippen molar-refractivity contribution in [3.63, 3.8) is 0 Å². The first kappa shape index (κ1) is 14.5. The Hall–Kier alpha value is -1.43. The number of ether oxygens (including phenoxy) is 1. The molecular weight excluding hydrogens is 282 g/mol. The summed E-state index contributed by atoms with van der Waals surface area (Å²) in [6, 6.07) is 8.31. The molecule has 1 unspecified atom stereocenters. The summed E-state index contributed by atoms with van der Waals surface area (Å²) in [6.45, 7) is 3.49. The van der Waals surface area contributed by atoms with Crippen LogP contribution in [0.3, 0.4) is 0 Å². The average Bonchev–Trinajstić information content (AvgIpc) is 3.06. The Balaban J connectivity index is 1.50. The number of aromatic nitrogens is 1. The van der Waals surface area contributed by atoms with Gasteiger partial charge in [0, 0.05) is 42.2 Å². The molecule has 2 heterocycles. The number of benzene rings is 1. The lowest BCUT2D eigenvalue weighted by molar-refractivity contribution is 0.326. The molecule has 2 aromatic rings. The van der Waals surface area contributed by atoms with Gasteiger partial charge in [-0.15, -0.1) is 11.3 Å². The van der Waals surface area contributed by atoms with Gasteiger partial charge < -0.3 is 15.0 Å². The van der Waals surface area contributed by atoms with Crippen molar-refractivity contribution in [3.8, 4) is 5.75 Å². The Bertz CT molecular complexity index is 597. The molecule has 1 aromatic carbocycles. The predicted molar refractivity (Wildman–Crippen MR) is 85.9 cm³/mol. The van der Waals surface area contributed by atoms with Gasteiger partial charge in [-0.1, -0.05) is 18.2 Å². The fraction of sp³-hybridized carbons (Fsp3) is 0.438. The Morgan fingerprint density at radius 1 is 1.38 bits per heavy atom. The Kier molecular flexibility index (Phi) is 4.53. The molecule has 0 amide bonds. The van der Waals surface area contributed by atoms with Crippen molar-refractivity contribution in [2.75, 3.05) is 27.2 Å². The number of nitrogens with zero attached hydrogens (tertiary/aromatic N) is 2. The summed E-state index contributed by atoms with van der Waals surface area (Å²) in [6.07, 6.45) is 1.98. The highest BCUT2D eigenvalue weighted by atomic mass is 32.1. The van der Waals surface area contributed by atoms with E-state index < -0.39 is 0 Å². The summed E-state index contributed by atoms with van der Waals surface area (Å²) in [7, 11) is 4.16. The third kappa shape index (κ3) is 3.61. The lowest BCUT2D eigenvalue weighted by Crippen LogP contribution is -2.22. The minimum absolute atomic E-state index is 0.447. The van der Waals surface area contributed by atoms with E-state index in [1.165, 1.54) is 10.4 Å². The predicted octanol–water partition coefficient (Wildman–Crippen LogP) is 2.47. The maximum Gasteiger partial charge on any atom is 0.122 e. The van der Waals surface area contributed by atoms with E-state index >= 15 is 0 Å². The standard InChI is InChI=1S/C16H21N3OS/c1-19(2)10-13-8-18-16(21-13)9-17-7-12-11-20-15-6-4-3-5-14(12)15/h3-6,8,12,17H,7,9-11H2,1-2H3. The highest BCUT2D eigenvalue weighted by Crippen LogP contribution is 2.32. The van der Waals surface area contributed by atoms with Crippen LogP contribution in [0.2, 0.25) is 0 Å². The molecule has 4 nitrogen and oxygen atoms in total. The third-order valence-electron chi connectivity index (χ3n) is 3.54. The lowest BCUT2D eigenvalue weighted by Gasteiger charge is -2.09. The number of thiazole rings is 1. The van der Waals surface area contributed by atoms with Crippen molar-refractivity contribution in [1.82, 2.24) is 15.2 Å². The van der Waals surface area contributed by atoms with Gasteiger partial charge in [0.2, 0.25) is 0 Å². The van der Waals surface area contributed by atoms with E-state index in [1.54, 1.807) is 11.3 Å². The van der Waals surface area contributed by atoms with Crippen LogP contribution in [0, 0.1) is 0 Å². The molecule has 3 rings (SSSR count). The van der Waals surface area contributed by atoms with Gasteiger partial charge in [-0.25, -0.2) is 4.98 Å². The fourth-order valence-electron chi connectivity index (χ4n) is 2.57. The maximum atomic E-state index is 5.70. The normalized spacial score (nSPS) is 17.0. The number of fused-ring (bicyclic) bond motifs is 1. The van der Waals surface area contributed by atoms with E-state index in [2.05, 4.69) is 41.4 Å². The van der Waals surface area contributed by atoms with Crippen LogP contribution < -0.4 is 10.1 Å². The third-order valence-corrected chi connectivity index (χ3v) is 4.52. The van der Waals surface area contributed by atoms with Crippen molar-refractivity contribution < 1.29 is 4.74 Å². The van der Waals surface area contributed by atoms with Crippen LogP contribution in [0.25, 0.3) is 0 Å². The minimum atomic E-state index is 0.447. The molecule has 0 spiro atoms. The van der Waals surface area contributed by atoms with Crippen LogP contribution in [0.15, 0.2) is 30.5 Å². The number of para-hydroxylation sites is 1. The van der Waals surface area contributed by atoms with Crippen LogP contribution in [0.4, 0.5) is 0 Å². The second-order valence-corrected chi connectivity index (χ2v) is 6.83. The van der Waals surface area contributed by atoms with E-state index in [0.717, 1.165) is 37.0 Å². The van der Waals surface area contributed by atoms with E-state index in [4.69, 9.17) is 4.74 Å².